The molecular weight excluding hydrogens is 226 g/mol. The molecule has 2 rings (SSSR count). The molecule has 0 radical (unpaired) electrons. The first kappa shape index (κ1) is 13.3. The molecule has 1 unspecified atom stereocenters. The number of nitrogens with zero attached hydrogens (tertiary/aromatic N) is 2. The van der Waals surface area contributed by atoms with Crippen LogP contribution in [-0.2, 0) is 11.3 Å². The van der Waals surface area contributed by atoms with Crippen LogP contribution in [0.4, 0.5) is 5.82 Å². The van der Waals surface area contributed by atoms with E-state index in [2.05, 4.69) is 28.2 Å². The first-order valence-electron chi connectivity index (χ1n) is 6.80. The fraction of sp³-hybridized carbons (Fsp3) is 0.643. The lowest BCUT2D eigenvalue weighted by molar-refractivity contribution is 0.115. The molecule has 1 N–H and O–H groups in total. The van der Waals surface area contributed by atoms with E-state index >= 15 is 0 Å². The third-order valence-electron chi connectivity index (χ3n) is 3.36. The van der Waals surface area contributed by atoms with Crippen LogP contribution in [0.2, 0.25) is 0 Å². The number of aromatic nitrogens is 1. The van der Waals surface area contributed by atoms with Gasteiger partial charge in [0.15, 0.2) is 0 Å². The SMILES string of the molecule is CCN(CC1CCCO1)c1ncccc1CNC. The zero-order chi connectivity index (χ0) is 12.8. The Balaban J connectivity index is 2.10. The molecule has 0 amide bonds. The predicted octanol–water partition coefficient (Wildman–Crippen LogP) is 1.81. The number of pyridine rings is 1. The van der Waals surface area contributed by atoms with Gasteiger partial charge < -0.3 is 15.0 Å². The maximum atomic E-state index is 5.72. The first-order chi connectivity index (χ1) is 8.85. The molecular formula is C14H23N3O. The van der Waals surface area contributed by atoms with Gasteiger partial charge in [0.25, 0.3) is 0 Å². The second-order valence-electron chi connectivity index (χ2n) is 4.69. The van der Waals surface area contributed by atoms with E-state index in [1.54, 1.807) is 0 Å². The molecule has 0 saturated carbocycles. The van der Waals surface area contributed by atoms with Gasteiger partial charge in [0, 0.05) is 38.0 Å². The van der Waals surface area contributed by atoms with Crippen molar-refractivity contribution in [3.8, 4) is 0 Å². The summed E-state index contributed by atoms with van der Waals surface area (Å²) in [5.41, 5.74) is 1.25. The normalized spacial score (nSPS) is 19.1. The van der Waals surface area contributed by atoms with Crippen molar-refractivity contribution in [2.45, 2.75) is 32.4 Å². The van der Waals surface area contributed by atoms with E-state index in [-0.39, 0.29) is 0 Å². The van der Waals surface area contributed by atoms with Crippen LogP contribution in [0.5, 0.6) is 0 Å². The second-order valence-corrected chi connectivity index (χ2v) is 4.69. The van der Waals surface area contributed by atoms with Crippen LogP contribution in [-0.4, -0.2) is 37.8 Å². The number of ether oxygens (including phenoxy) is 1. The number of anilines is 1. The van der Waals surface area contributed by atoms with Crippen molar-refractivity contribution in [3.63, 3.8) is 0 Å². The number of likely N-dealkylation sites (N-methyl/N-ethyl adjacent to an activating group) is 1. The van der Waals surface area contributed by atoms with Crippen LogP contribution >= 0.6 is 0 Å². The molecule has 18 heavy (non-hydrogen) atoms. The van der Waals surface area contributed by atoms with Crippen molar-refractivity contribution in [2.24, 2.45) is 0 Å². The molecule has 2 heterocycles. The Morgan fingerprint density at radius 1 is 1.56 bits per heavy atom. The molecule has 1 atom stereocenters. The van der Waals surface area contributed by atoms with Gasteiger partial charge in [0.05, 0.1) is 6.10 Å². The van der Waals surface area contributed by atoms with Crippen molar-refractivity contribution in [2.75, 3.05) is 31.6 Å². The van der Waals surface area contributed by atoms with Gasteiger partial charge in [-0.15, -0.1) is 0 Å². The zero-order valence-electron chi connectivity index (χ0n) is 11.4. The van der Waals surface area contributed by atoms with E-state index in [1.807, 2.05) is 19.3 Å². The van der Waals surface area contributed by atoms with Crippen LogP contribution in [0.25, 0.3) is 0 Å². The Bertz CT molecular complexity index is 364. The molecule has 0 bridgehead atoms. The summed E-state index contributed by atoms with van der Waals surface area (Å²) in [4.78, 5) is 6.86. The summed E-state index contributed by atoms with van der Waals surface area (Å²) in [5.74, 6) is 1.09. The monoisotopic (exact) mass is 249 g/mol. The maximum Gasteiger partial charge on any atom is 0.133 e. The highest BCUT2D eigenvalue weighted by Crippen LogP contribution is 2.20. The van der Waals surface area contributed by atoms with E-state index in [0.29, 0.717) is 6.10 Å². The lowest BCUT2D eigenvalue weighted by Crippen LogP contribution is -2.33. The Labute approximate surface area is 109 Å². The molecule has 1 aromatic heterocycles. The summed E-state index contributed by atoms with van der Waals surface area (Å²) in [6.07, 6.45) is 4.60. The molecule has 100 valence electrons. The average Bonchev–Trinajstić information content (AvgIpc) is 2.90. The van der Waals surface area contributed by atoms with Gasteiger partial charge >= 0.3 is 0 Å². The molecule has 4 nitrogen and oxygen atoms in total. The van der Waals surface area contributed by atoms with Gasteiger partial charge in [-0.05, 0) is 32.9 Å². The molecule has 1 aromatic rings. The molecule has 1 aliphatic heterocycles. The van der Waals surface area contributed by atoms with E-state index in [0.717, 1.165) is 32.1 Å². The van der Waals surface area contributed by atoms with Gasteiger partial charge in [0.2, 0.25) is 0 Å². The van der Waals surface area contributed by atoms with Gasteiger partial charge in [0.1, 0.15) is 5.82 Å². The molecule has 1 fully saturated rings. The largest absolute Gasteiger partial charge is 0.376 e. The quantitative estimate of drug-likeness (QED) is 0.834. The summed E-state index contributed by atoms with van der Waals surface area (Å²) in [7, 11) is 1.97. The second kappa shape index (κ2) is 6.71. The minimum Gasteiger partial charge on any atom is -0.376 e. The maximum absolute atomic E-state index is 5.72. The summed E-state index contributed by atoms with van der Waals surface area (Å²) in [5, 5.41) is 3.20. The van der Waals surface area contributed by atoms with E-state index in [9.17, 15) is 0 Å². The lowest BCUT2D eigenvalue weighted by atomic mass is 10.2. The van der Waals surface area contributed by atoms with E-state index in [4.69, 9.17) is 4.74 Å². The lowest BCUT2D eigenvalue weighted by Gasteiger charge is -2.26. The van der Waals surface area contributed by atoms with Gasteiger partial charge in [-0.3, -0.25) is 0 Å². The topological polar surface area (TPSA) is 37.4 Å². The number of hydrogen-bond donors (Lipinski definition) is 1. The third-order valence-corrected chi connectivity index (χ3v) is 3.36. The fourth-order valence-corrected chi connectivity index (χ4v) is 2.44. The Hall–Kier alpha value is -1.13. The Morgan fingerprint density at radius 2 is 2.44 bits per heavy atom. The fourth-order valence-electron chi connectivity index (χ4n) is 2.44. The minimum atomic E-state index is 0.370. The third kappa shape index (κ3) is 3.21. The van der Waals surface area contributed by atoms with Gasteiger partial charge in [-0.1, -0.05) is 6.07 Å². The van der Waals surface area contributed by atoms with Crippen LogP contribution < -0.4 is 10.2 Å². The van der Waals surface area contributed by atoms with Crippen LogP contribution in [0.3, 0.4) is 0 Å². The summed E-state index contributed by atoms with van der Waals surface area (Å²) in [6, 6.07) is 4.13. The van der Waals surface area contributed by atoms with Crippen molar-refractivity contribution in [1.29, 1.82) is 0 Å². The highest BCUT2D eigenvalue weighted by atomic mass is 16.5. The predicted molar refractivity (Wildman–Crippen MR) is 73.9 cm³/mol. The smallest absolute Gasteiger partial charge is 0.133 e. The van der Waals surface area contributed by atoms with Crippen molar-refractivity contribution < 1.29 is 4.74 Å². The van der Waals surface area contributed by atoms with Crippen LogP contribution in [0.1, 0.15) is 25.3 Å². The summed E-state index contributed by atoms with van der Waals surface area (Å²) < 4.78 is 5.72. The molecule has 1 saturated heterocycles. The van der Waals surface area contributed by atoms with Crippen molar-refractivity contribution >= 4 is 5.82 Å². The zero-order valence-corrected chi connectivity index (χ0v) is 11.4. The first-order valence-corrected chi connectivity index (χ1v) is 6.80. The van der Waals surface area contributed by atoms with Crippen LogP contribution in [0, 0.1) is 0 Å². The molecule has 0 spiro atoms. The van der Waals surface area contributed by atoms with Crippen molar-refractivity contribution in [3.05, 3.63) is 23.9 Å². The standard InChI is InChI=1S/C14H23N3O/c1-3-17(11-13-7-5-9-18-13)14-12(10-15-2)6-4-8-16-14/h4,6,8,13,15H,3,5,7,9-11H2,1-2H3. The molecule has 4 heteroatoms. The van der Waals surface area contributed by atoms with Gasteiger partial charge in [-0.2, -0.15) is 0 Å². The minimum absolute atomic E-state index is 0.370. The Kier molecular flexibility index (Phi) is 4.96. The van der Waals surface area contributed by atoms with E-state index in [1.165, 1.54) is 18.4 Å². The molecule has 0 aliphatic carbocycles. The molecule has 1 aliphatic rings. The molecule has 0 aromatic carbocycles. The highest BCUT2D eigenvalue weighted by Gasteiger charge is 2.20. The average molecular weight is 249 g/mol. The highest BCUT2D eigenvalue weighted by molar-refractivity contribution is 5.46. The summed E-state index contributed by atoms with van der Waals surface area (Å²) in [6.45, 7) is 5.85. The van der Waals surface area contributed by atoms with Gasteiger partial charge in [-0.25, -0.2) is 4.98 Å². The van der Waals surface area contributed by atoms with Crippen molar-refractivity contribution in [1.82, 2.24) is 10.3 Å². The number of rotatable bonds is 6. The summed E-state index contributed by atoms with van der Waals surface area (Å²) >= 11 is 0. The van der Waals surface area contributed by atoms with Crippen LogP contribution in [0.15, 0.2) is 18.3 Å². The number of nitrogens with one attached hydrogen (secondary N) is 1. The van der Waals surface area contributed by atoms with E-state index < -0.39 is 0 Å². The number of hydrogen-bond acceptors (Lipinski definition) is 4. The Morgan fingerprint density at radius 3 is 3.11 bits per heavy atom.